The topological polar surface area (TPSA) is 162 Å². The van der Waals surface area contributed by atoms with E-state index in [0.717, 1.165) is 12.5 Å². The number of rotatable bonds is 11. The number of hydrogen-bond acceptors (Lipinski definition) is 9. The van der Waals surface area contributed by atoms with Gasteiger partial charge in [-0.15, -0.1) is 0 Å². The van der Waals surface area contributed by atoms with E-state index in [4.69, 9.17) is 20.6 Å². The molecule has 3 aromatic rings. The van der Waals surface area contributed by atoms with Crippen LogP contribution < -0.4 is 25.8 Å². The zero-order valence-electron chi connectivity index (χ0n) is 21.7. The number of nitrogens with one attached hydrogen (secondary N) is 3. The van der Waals surface area contributed by atoms with Crippen LogP contribution in [0.4, 0.5) is 5.69 Å². The molecule has 0 saturated heterocycles. The predicted molar refractivity (Wildman–Crippen MR) is 143 cm³/mol. The van der Waals surface area contributed by atoms with E-state index in [2.05, 4.69) is 20.4 Å². The first-order chi connectivity index (χ1) is 18.7. The van der Waals surface area contributed by atoms with Crippen LogP contribution in [-0.2, 0) is 30.8 Å². The second-order valence-corrected chi connectivity index (χ2v) is 8.46. The van der Waals surface area contributed by atoms with E-state index >= 15 is 0 Å². The van der Waals surface area contributed by atoms with Gasteiger partial charge in [0.25, 0.3) is 0 Å². The summed E-state index contributed by atoms with van der Waals surface area (Å²) < 4.78 is 11.5. The van der Waals surface area contributed by atoms with Gasteiger partial charge in [-0.25, -0.2) is 19.4 Å². The maximum Gasteiger partial charge on any atom is 0.377 e. The summed E-state index contributed by atoms with van der Waals surface area (Å²) in [7, 11) is 1.49. The van der Waals surface area contributed by atoms with Gasteiger partial charge in [-0.3, -0.25) is 10.2 Å². The van der Waals surface area contributed by atoms with Gasteiger partial charge < -0.3 is 25.8 Å². The number of carbonyl (C=O) groups is 3. The molecule has 204 valence electrons. The molecule has 0 unspecified atom stereocenters. The SMILES string of the molecule is COc1cc([C@@H](Nc2ccc(C(=N)N)cc2)C(=O)N[C@@H](C)C(=O)OOC(C)=O)ccc1OCc1ccccc1. The fourth-order valence-electron chi connectivity index (χ4n) is 3.46. The van der Waals surface area contributed by atoms with Crippen molar-refractivity contribution in [3.63, 3.8) is 0 Å². The monoisotopic (exact) mass is 534 g/mol. The van der Waals surface area contributed by atoms with Crippen LogP contribution >= 0.6 is 0 Å². The van der Waals surface area contributed by atoms with Crippen LogP contribution in [0.3, 0.4) is 0 Å². The number of anilines is 1. The summed E-state index contributed by atoms with van der Waals surface area (Å²) in [4.78, 5) is 45.1. The highest BCUT2D eigenvalue weighted by Crippen LogP contribution is 2.32. The third-order valence-corrected chi connectivity index (χ3v) is 5.48. The molecule has 11 heteroatoms. The van der Waals surface area contributed by atoms with Crippen LogP contribution in [0.15, 0.2) is 72.8 Å². The van der Waals surface area contributed by atoms with Crippen molar-refractivity contribution < 1.29 is 33.6 Å². The summed E-state index contributed by atoms with van der Waals surface area (Å²) in [5, 5.41) is 13.3. The molecule has 0 radical (unpaired) electrons. The maximum absolute atomic E-state index is 13.4. The van der Waals surface area contributed by atoms with Crippen molar-refractivity contribution in [2.45, 2.75) is 32.5 Å². The molecule has 0 aliphatic heterocycles. The Kier molecular flexibility index (Phi) is 9.85. The Balaban J connectivity index is 1.85. The van der Waals surface area contributed by atoms with Gasteiger partial charge in [0, 0.05) is 18.2 Å². The Morgan fingerprint density at radius 1 is 0.949 bits per heavy atom. The van der Waals surface area contributed by atoms with E-state index in [1.165, 1.54) is 14.0 Å². The number of carbonyl (C=O) groups excluding carboxylic acids is 3. The highest BCUT2D eigenvalue weighted by Gasteiger charge is 2.27. The number of nitrogens with two attached hydrogens (primary N) is 1. The molecule has 0 heterocycles. The number of amidine groups is 1. The average molecular weight is 535 g/mol. The third kappa shape index (κ3) is 8.22. The number of methoxy groups -OCH3 is 1. The van der Waals surface area contributed by atoms with Gasteiger partial charge in [0.15, 0.2) is 11.5 Å². The standard InChI is InChI=1S/C28H30N4O7/c1-17(28(35)39-38-18(2)33)31-27(34)25(32-22-12-9-20(10-13-22)26(29)30)21-11-14-23(24(15-21)36-3)37-16-19-7-5-4-6-8-19/h4-15,17,25,32H,16H2,1-3H3,(H3,29,30)(H,31,34)/t17-,25+/m0/s1. The predicted octanol–water partition coefficient (Wildman–Crippen LogP) is 3.24. The normalized spacial score (nSPS) is 11.9. The molecular formula is C28H30N4O7. The van der Waals surface area contributed by atoms with E-state index in [1.807, 2.05) is 30.3 Å². The quantitative estimate of drug-likeness (QED) is 0.125. The molecule has 11 nitrogen and oxygen atoms in total. The summed E-state index contributed by atoms with van der Waals surface area (Å²) in [6.45, 7) is 2.79. The largest absolute Gasteiger partial charge is 0.493 e. The molecule has 0 aromatic heterocycles. The molecule has 0 saturated carbocycles. The molecular weight excluding hydrogens is 504 g/mol. The van der Waals surface area contributed by atoms with E-state index in [0.29, 0.717) is 34.9 Å². The van der Waals surface area contributed by atoms with Crippen LogP contribution in [0.2, 0.25) is 0 Å². The second kappa shape index (κ2) is 13.5. The lowest BCUT2D eigenvalue weighted by Gasteiger charge is -2.23. The average Bonchev–Trinajstić information content (AvgIpc) is 2.94. The van der Waals surface area contributed by atoms with Crippen molar-refractivity contribution in [2.24, 2.45) is 5.73 Å². The Morgan fingerprint density at radius 3 is 2.26 bits per heavy atom. The Hall–Kier alpha value is -5.06. The maximum atomic E-state index is 13.4. The number of hydrogen-bond donors (Lipinski definition) is 4. The highest BCUT2D eigenvalue weighted by molar-refractivity contribution is 5.95. The smallest absolute Gasteiger partial charge is 0.377 e. The van der Waals surface area contributed by atoms with Crippen LogP contribution in [-0.4, -0.2) is 36.8 Å². The van der Waals surface area contributed by atoms with Gasteiger partial charge >= 0.3 is 11.9 Å². The first-order valence-electron chi connectivity index (χ1n) is 11.9. The molecule has 0 aliphatic carbocycles. The molecule has 0 bridgehead atoms. The molecule has 0 fully saturated rings. The summed E-state index contributed by atoms with van der Waals surface area (Å²) >= 11 is 0. The van der Waals surface area contributed by atoms with E-state index in [9.17, 15) is 14.4 Å². The lowest BCUT2D eigenvalue weighted by molar-refractivity contribution is -0.258. The van der Waals surface area contributed by atoms with Crippen molar-refractivity contribution in [3.05, 3.63) is 89.5 Å². The van der Waals surface area contributed by atoms with E-state index < -0.39 is 29.9 Å². The van der Waals surface area contributed by atoms with Crippen molar-refractivity contribution in [1.82, 2.24) is 5.32 Å². The first-order valence-corrected chi connectivity index (χ1v) is 11.9. The van der Waals surface area contributed by atoms with Crippen molar-refractivity contribution in [2.75, 3.05) is 12.4 Å². The first kappa shape index (κ1) is 28.5. The van der Waals surface area contributed by atoms with Crippen LogP contribution in [0.1, 0.15) is 36.6 Å². The minimum Gasteiger partial charge on any atom is -0.493 e. The van der Waals surface area contributed by atoms with Gasteiger partial charge in [-0.1, -0.05) is 36.4 Å². The van der Waals surface area contributed by atoms with Gasteiger partial charge in [-0.05, 0) is 54.4 Å². The summed E-state index contributed by atoms with van der Waals surface area (Å²) in [6, 6.07) is 19.2. The number of amides is 1. The minimum atomic E-state index is -1.13. The molecule has 3 aromatic carbocycles. The number of benzene rings is 3. The van der Waals surface area contributed by atoms with Crippen LogP contribution in [0.25, 0.3) is 0 Å². The fourth-order valence-corrected chi connectivity index (χ4v) is 3.46. The summed E-state index contributed by atoms with van der Waals surface area (Å²) in [6.07, 6.45) is 0. The molecule has 39 heavy (non-hydrogen) atoms. The molecule has 1 amide bonds. The lowest BCUT2D eigenvalue weighted by atomic mass is 10.0. The molecule has 0 spiro atoms. The third-order valence-electron chi connectivity index (χ3n) is 5.48. The number of nitrogen functional groups attached to an aromatic ring is 1. The molecule has 3 rings (SSSR count). The highest BCUT2D eigenvalue weighted by atomic mass is 17.2. The summed E-state index contributed by atoms with van der Waals surface area (Å²) in [5.41, 5.74) is 8.09. The van der Waals surface area contributed by atoms with Crippen molar-refractivity contribution in [1.29, 1.82) is 5.41 Å². The van der Waals surface area contributed by atoms with Crippen molar-refractivity contribution >= 4 is 29.4 Å². The van der Waals surface area contributed by atoms with E-state index in [-0.39, 0.29) is 5.84 Å². The van der Waals surface area contributed by atoms with Gasteiger partial charge in [0.1, 0.15) is 24.5 Å². The second-order valence-electron chi connectivity index (χ2n) is 8.46. The van der Waals surface area contributed by atoms with Gasteiger partial charge in [-0.2, -0.15) is 0 Å². The number of ether oxygens (including phenoxy) is 2. The summed E-state index contributed by atoms with van der Waals surface area (Å²) in [5.74, 6) is -1.54. The Labute approximate surface area is 225 Å². The Morgan fingerprint density at radius 2 is 1.64 bits per heavy atom. The fraction of sp³-hybridized carbons (Fsp3) is 0.214. The zero-order chi connectivity index (χ0) is 28.4. The van der Waals surface area contributed by atoms with Gasteiger partial charge in [0.05, 0.1) is 7.11 Å². The van der Waals surface area contributed by atoms with Crippen LogP contribution in [0.5, 0.6) is 11.5 Å². The van der Waals surface area contributed by atoms with Crippen molar-refractivity contribution in [3.8, 4) is 11.5 Å². The molecule has 5 N–H and O–H groups in total. The van der Waals surface area contributed by atoms with E-state index in [1.54, 1.807) is 42.5 Å². The van der Waals surface area contributed by atoms with Gasteiger partial charge in [0.2, 0.25) is 5.91 Å². The molecule has 0 aliphatic rings. The Bertz CT molecular complexity index is 1310. The minimum absolute atomic E-state index is 0.0909. The zero-order valence-corrected chi connectivity index (χ0v) is 21.7. The lowest BCUT2D eigenvalue weighted by Crippen LogP contribution is -2.43. The molecule has 2 atom stereocenters. The van der Waals surface area contributed by atoms with Crippen LogP contribution in [0, 0.1) is 5.41 Å².